The van der Waals surface area contributed by atoms with Crippen molar-refractivity contribution >= 4 is 18.0 Å². The van der Waals surface area contributed by atoms with Gasteiger partial charge in [0.05, 0.1) is 24.4 Å². The maximum atomic E-state index is 13.4. The van der Waals surface area contributed by atoms with Crippen LogP contribution in [0.1, 0.15) is 84.7 Å². The Bertz CT molecular complexity index is 1320. The summed E-state index contributed by atoms with van der Waals surface area (Å²) < 4.78 is 34.9. The van der Waals surface area contributed by atoms with Gasteiger partial charge in [-0.1, -0.05) is 32.1 Å². The van der Waals surface area contributed by atoms with Crippen LogP contribution in [0.3, 0.4) is 0 Å². The monoisotopic (exact) mass is 627 g/mol. The van der Waals surface area contributed by atoms with Gasteiger partial charge in [-0.15, -0.1) is 0 Å². The van der Waals surface area contributed by atoms with Crippen LogP contribution in [0.5, 0.6) is 0 Å². The number of allylic oxidation sites excluding steroid dienone is 4. The zero-order valence-electron chi connectivity index (χ0n) is 27.6. The quantitative estimate of drug-likeness (QED) is 0.242. The lowest BCUT2D eigenvalue weighted by Crippen LogP contribution is -2.42. The number of hydrogen-bond acceptors (Lipinski definition) is 10. The van der Waals surface area contributed by atoms with Gasteiger partial charge in [0.25, 0.3) is 0 Å². The van der Waals surface area contributed by atoms with Gasteiger partial charge in [0, 0.05) is 32.8 Å². The number of carbonyl (C=O) groups excluding carboxylic acids is 2. The van der Waals surface area contributed by atoms with Crippen molar-refractivity contribution in [2.75, 3.05) is 7.11 Å². The molecule has 10 heteroatoms. The third kappa shape index (κ3) is 8.14. The topological polar surface area (TPSA) is 133 Å². The Balaban J connectivity index is 1.31. The Morgan fingerprint density at radius 1 is 1.16 bits per heavy atom. The molecule has 2 bridgehead atoms. The van der Waals surface area contributed by atoms with Gasteiger partial charge in [0.15, 0.2) is 12.0 Å². The normalized spacial score (nSPS) is 37.7. The molecule has 11 unspecified atom stereocenters. The first-order valence-electron chi connectivity index (χ1n) is 16.3. The summed E-state index contributed by atoms with van der Waals surface area (Å²) in [6.07, 6.45) is 9.83. The lowest BCUT2D eigenvalue weighted by Gasteiger charge is -2.33. The van der Waals surface area contributed by atoms with E-state index in [4.69, 9.17) is 28.1 Å². The summed E-state index contributed by atoms with van der Waals surface area (Å²) in [7, 11) is 1.64. The van der Waals surface area contributed by atoms with E-state index in [-0.39, 0.29) is 54.6 Å². The number of aryl methyl sites for hydroxylation is 1. The summed E-state index contributed by atoms with van der Waals surface area (Å²) in [5, 5.41) is 11.4. The number of oxazole rings is 1. The maximum Gasteiger partial charge on any atom is 0.338 e. The minimum Gasteiger partial charge on any atom is -0.462 e. The SMILES string of the molecule is COC(C(C)=CC=CC(C)=Cc1coc(C)n1)C(C)C1CC(O)C2(C)OC2CCC(C)C2CC(CC(=O)O2)CC2OC2C(=O)O1. The molecule has 1 N–H and O–H groups in total. The first-order valence-corrected chi connectivity index (χ1v) is 16.3. The van der Waals surface area contributed by atoms with Gasteiger partial charge >= 0.3 is 11.9 Å². The summed E-state index contributed by atoms with van der Waals surface area (Å²) >= 11 is 0. The van der Waals surface area contributed by atoms with Crippen molar-refractivity contribution in [3.8, 4) is 0 Å². The van der Waals surface area contributed by atoms with E-state index in [1.54, 1.807) is 20.3 Å². The molecule has 4 saturated heterocycles. The van der Waals surface area contributed by atoms with Crippen molar-refractivity contribution in [1.82, 2.24) is 4.98 Å². The van der Waals surface area contributed by atoms with Gasteiger partial charge in [-0.05, 0) is 75.5 Å². The smallest absolute Gasteiger partial charge is 0.338 e. The standard InChI is InChI=1S/C35H49NO9/c1-19(13-25-18-41-23(5)36-25)9-8-10-21(3)32(40-7)22(4)27-17-29(37)35(6)30(45-35)12-11-20(2)26-14-24(16-31(38)42-26)15-28-33(43-28)34(39)44-27/h8-10,13,18,20,22,24,26-30,32-33,37H,11-12,14-17H2,1-7H3. The highest BCUT2D eigenvalue weighted by molar-refractivity contribution is 5.78. The van der Waals surface area contributed by atoms with E-state index in [2.05, 4.69) is 11.9 Å². The number of ether oxygens (including phenoxy) is 5. The minimum absolute atomic E-state index is 0.102. The van der Waals surface area contributed by atoms with Crippen LogP contribution in [0.4, 0.5) is 0 Å². The molecule has 45 heavy (non-hydrogen) atoms. The van der Waals surface area contributed by atoms with Gasteiger partial charge < -0.3 is 33.2 Å². The highest BCUT2D eigenvalue weighted by atomic mass is 16.6. The molecule has 248 valence electrons. The Morgan fingerprint density at radius 2 is 1.91 bits per heavy atom. The number of methoxy groups -OCH3 is 1. The second-order valence-corrected chi connectivity index (χ2v) is 13.7. The van der Waals surface area contributed by atoms with Crippen LogP contribution in [0.25, 0.3) is 6.08 Å². The Morgan fingerprint density at radius 3 is 2.62 bits per heavy atom. The third-order valence-corrected chi connectivity index (χ3v) is 10.1. The molecule has 0 radical (unpaired) electrons. The molecule has 4 aliphatic rings. The van der Waals surface area contributed by atoms with Gasteiger partial charge in [0.1, 0.15) is 29.8 Å². The van der Waals surface area contributed by atoms with Crippen LogP contribution in [-0.2, 0) is 33.3 Å². The van der Waals surface area contributed by atoms with E-state index in [1.165, 1.54) is 0 Å². The summed E-state index contributed by atoms with van der Waals surface area (Å²) in [5.41, 5.74) is 1.97. The van der Waals surface area contributed by atoms with Gasteiger partial charge in [-0.2, -0.15) is 0 Å². The number of aliphatic hydroxyl groups is 1. The summed E-state index contributed by atoms with van der Waals surface area (Å²) in [4.78, 5) is 30.1. The van der Waals surface area contributed by atoms with Crippen molar-refractivity contribution in [1.29, 1.82) is 0 Å². The highest BCUT2D eigenvalue weighted by Crippen LogP contribution is 2.46. The second kappa shape index (κ2) is 13.9. The molecule has 0 amide bonds. The molecule has 5 heterocycles. The average molecular weight is 628 g/mol. The molecular formula is C35H49NO9. The fraction of sp³-hybridized carbons (Fsp3) is 0.686. The number of aromatic nitrogens is 1. The fourth-order valence-electron chi connectivity index (χ4n) is 7.03. The largest absolute Gasteiger partial charge is 0.462 e. The van der Waals surface area contributed by atoms with Gasteiger partial charge in [0.2, 0.25) is 0 Å². The number of hydrogen-bond donors (Lipinski definition) is 1. The number of rotatable bonds is 7. The summed E-state index contributed by atoms with van der Waals surface area (Å²) in [6, 6.07) is 0. The molecule has 0 aromatic carbocycles. The van der Waals surface area contributed by atoms with Crippen LogP contribution in [-0.4, -0.2) is 77.5 Å². The zero-order valence-corrected chi connectivity index (χ0v) is 27.6. The molecule has 0 saturated carbocycles. The van der Waals surface area contributed by atoms with Crippen LogP contribution in [0, 0.1) is 24.7 Å². The first-order chi connectivity index (χ1) is 21.4. The van der Waals surface area contributed by atoms with E-state index in [9.17, 15) is 14.7 Å². The third-order valence-electron chi connectivity index (χ3n) is 10.1. The van der Waals surface area contributed by atoms with Crippen molar-refractivity contribution in [2.45, 2.75) is 128 Å². The molecule has 0 spiro atoms. The van der Waals surface area contributed by atoms with Crippen molar-refractivity contribution < 1.29 is 42.8 Å². The minimum atomic E-state index is -0.853. The van der Waals surface area contributed by atoms with Crippen molar-refractivity contribution in [3.63, 3.8) is 0 Å². The first kappa shape index (κ1) is 33.6. The predicted octanol–water partition coefficient (Wildman–Crippen LogP) is 5.27. The van der Waals surface area contributed by atoms with E-state index in [1.807, 2.05) is 52.0 Å². The fourth-order valence-corrected chi connectivity index (χ4v) is 7.03. The number of carbonyl (C=O) groups is 2. The molecule has 5 rings (SSSR count). The number of cyclic esters (lactones) is 1. The number of epoxide rings is 2. The van der Waals surface area contributed by atoms with Gasteiger partial charge in [-0.25, -0.2) is 9.78 Å². The van der Waals surface area contributed by atoms with Crippen LogP contribution < -0.4 is 0 Å². The maximum absolute atomic E-state index is 13.4. The summed E-state index contributed by atoms with van der Waals surface area (Å²) in [5.74, 6) is -0.0326. The molecule has 10 nitrogen and oxygen atoms in total. The van der Waals surface area contributed by atoms with E-state index in [0.717, 1.165) is 36.1 Å². The number of aliphatic hydroxyl groups excluding tert-OH is 1. The number of nitrogens with zero attached hydrogens (tertiary/aromatic N) is 1. The Labute approximate surface area is 266 Å². The predicted molar refractivity (Wildman–Crippen MR) is 166 cm³/mol. The van der Waals surface area contributed by atoms with E-state index < -0.39 is 29.9 Å². The van der Waals surface area contributed by atoms with E-state index in [0.29, 0.717) is 18.7 Å². The molecule has 1 aromatic rings. The molecule has 4 aliphatic heterocycles. The van der Waals surface area contributed by atoms with Crippen molar-refractivity contribution in [3.05, 3.63) is 47.2 Å². The van der Waals surface area contributed by atoms with Crippen LogP contribution >= 0.6 is 0 Å². The van der Waals surface area contributed by atoms with Crippen molar-refractivity contribution in [2.24, 2.45) is 17.8 Å². The molecule has 11 atom stereocenters. The number of fused-ring (bicyclic) bond motifs is 4. The molecule has 1 aromatic heterocycles. The Hall–Kier alpha value is -2.79. The lowest BCUT2D eigenvalue weighted by atomic mass is 9.82. The van der Waals surface area contributed by atoms with E-state index >= 15 is 0 Å². The summed E-state index contributed by atoms with van der Waals surface area (Å²) in [6.45, 7) is 11.8. The number of esters is 2. The molecule has 4 fully saturated rings. The molecular weight excluding hydrogens is 578 g/mol. The van der Waals surface area contributed by atoms with Crippen LogP contribution in [0.15, 0.2) is 40.1 Å². The second-order valence-electron chi connectivity index (χ2n) is 13.7. The van der Waals surface area contributed by atoms with Gasteiger partial charge in [-0.3, -0.25) is 4.79 Å². The lowest BCUT2D eigenvalue weighted by molar-refractivity contribution is -0.160. The molecule has 0 aliphatic carbocycles. The van der Waals surface area contributed by atoms with Crippen LogP contribution in [0.2, 0.25) is 0 Å². The zero-order chi connectivity index (χ0) is 32.5. The average Bonchev–Trinajstić information content (AvgIpc) is 3.86. The highest BCUT2D eigenvalue weighted by Gasteiger charge is 2.58. The Kier molecular flexibility index (Phi) is 10.4.